The fourth-order valence-corrected chi connectivity index (χ4v) is 3.98. The lowest BCUT2D eigenvalue weighted by atomic mass is 10.1. The fraction of sp³-hybridized carbons (Fsp3) is 0.389. The third kappa shape index (κ3) is 4.79. The lowest BCUT2D eigenvalue weighted by Gasteiger charge is -2.33. The first-order valence-corrected chi connectivity index (χ1v) is 9.29. The first-order valence-electron chi connectivity index (χ1n) is 8.09. The van der Waals surface area contributed by atoms with Crippen LogP contribution in [-0.4, -0.2) is 49.0 Å². The van der Waals surface area contributed by atoms with E-state index >= 15 is 0 Å². The third-order valence-corrected chi connectivity index (χ3v) is 5.43. The van der Waals surface area contributed by atoms with Gasteiger partial charge in [-0.05, 0) is 18.2 Å². The van der Waals surface area contributed by atoms with Crippen molar-refractivity contribution in [3.05, 3.63) is 57.0 Å². The summed E-state index contributed by atoms with van der Waals surface area (Å²) in [5, 5.41) is 0. The Hall–Kier alpha value is -1.47. The van der Waals surface area contributed by atoms with Crippen molar-refractivity contribution in [2.75, 3.05) is 33.3 Å². The Morgan fingerprint density at radius 3 is 2.92 bits per heavy atom. The quantitative estimate of drug-likeness (QED) is 0.792. The Morgan fingerprint density at radius 1 is 1.40 bits per heavy atom. The summed E-state index contributed by atoms with van der Waals surface area (Å²) in [6.07, 6.45) is -0.343. The van der Waals surface area contributed by atoms with Crippen molar-refractivity contribution >= 4 is 28.8 Å². The molecule has 1 fully saturated rings. The molecule has 2 heterocycles. The summed E-state index contributed by atoms with van der Waals surface area (Å²) < 4.78 is 20.4. The maximum absolute atomic E-state index is 14.0. The van der Waals surface area contributed by atoms with Crippen LogP contribution in [0.2, 0.25) is 4.34 Å². The summed E-state index contributed by atoms with van der Waals surface area (Å²) in [7, 11) is 1.78. The number of carbonyl (C=O) groups excluding carboxylic acids is 1. The number of hydrogen-bond donors (Lipinski definition) is 0. The van der Waals surface area contributed by atoms with E-state index in [1.54, 1.807) is 30.1 Å². The van der Waals surface area contributed by atoms with Crippen molar-refractivity contribution in [2.45, 2.75) is 12.6 Å². The molecule has 7 heteroatoms. The van der Waals surface area contributed by atoms with Gasteiger partial charge in [0.25, 0.3) is 0 Å². The topological polar surface area (TPSA) is 32.8 Å². The van der Waals surface area contributed by atoms with Crippen LogP contribution in [0.4, 0.5) is 4.39 Å². The van der Waals surface area contributed by atoms with Crippen molar-refractivity contribution in [1.82, 2.24) is 9.80 Å². The zero-order chi connectivity index (χ0) is 17.8. The molecule has 134 valence electrons. The van der Waals surface area contributed by atoms with E-state index in [1.807, 2.05) is 17.0 Å². The molecule has 1 aliphatic heterocycles. The van der Waals surface area contributed by atoms with Crippen LogP contribution in [0.5, 0.6) is 0 Å². The minimum Gasteiger partial charge on any atom is -0.371 e. The lowest BCUT2D eigenvalue weighted by molar-refractivity contribution is -0.133. The molecule has 1 aliphatic rings. The monoisotopic (exact) mass is 382 g/mol. The zero-order valence-electron chi connectivity index (χ0n) is 14.0. The van der Waals surface area contributed by atoms with Gasteiger partial charge in [-0.2, -0.15) is 0 Å². The molecular weight excluding hydrogens is 363 g/mol. The first-order chi connectivity index (χ1) is 12.0. The minimum absolute atomic E-state index is 0.0266. The van der Waals surface area contributed by atoms with Gasteiger partial charge in [-0.15, -0.1) is 11.3 Å². The molecule has 1 amide bonds. The van der Waals surface area contributed by atoms with E-state index in [1.165, 1.54) is 17.4 Å². The van der Waals surface area contributed by atoms with E-state index in [0.717, 1.165) is 9.21 Å². The number of thiophene rings is 1. The van der Waals surface area contributed by atoms with Crippen LogP contribution in [0.25, 0.3) is 0 Å². The van der Waals surface area contributed by atoms with E-state index in [4.69, 9.17) is 16.3 Å². The van der Waals surface area contributed by atoms with Gasteiger partial charge in [-0.25, -0.2) is 4.39 Å². The van der Waals surface area contributed by atoms with Gasteiger partial charge in [0, 0.05) is 30.6 Å². The Balaban J connectivity index is 1.56. The van der Waals surface area contributed by atoms with Crippen molar-refractivity contribution in [3.8, 4) is 0 Å². The van der Waals surface area contributed by atoms with Gasteiger partial charge in [-0.3, -0.25) is 9.69 Å². The van der Waals surface area contributed by atoms with E-state index in [2.05, 4.69) is 0 Å². The van der Waals surface area contributed by atoms with Crippen LogP contribution in [0.1, 0.15) is 16.5 Å². The average Bonchev–Trinajstić information content (AvgIpc) is 3.00. The predicted molar refractivity (Wildman–Crippen MR) is 97.3 cm³/mol. The number of likely N-dealkylation sites (N-methyl/N-ethyl adjacent to an activating group) is 1. The highest BCUT2D eigenvalue weighted by Gasteiger charge is 2.26. The van der Waals surface area contributed by atoms with Crippen LogP contribution in [-0.2, 0) is 16.1 Å². The summed E-state index contributed by atoms with van der Waals surface area (Å²) >= 11 is 7.40. The molecule has 0 N–H and O–H groups in total. The molecule has 1 unspecified atom stereocenters. The van der Waals surface area contributed by atoms with Crippen LogP contribution in [0, 0.1) is 5.82 Å². The SMILES string of the molecule is CN(Cc1ccc(Cl)s1)C(=O)CN1CCOC(c2ccccc2F)C1. The van der Waals surface area contributed by atoms with E-state index in [-0.39, 0.29) is 17.8 Å². The second-order valence-electron chi connectivity index (χ2n) is 6.07. The Labute approximate surface area is 155 Å². The summed E-state index contributed by atoms with van der Waals surface area (Å²) in [6.45, 7) is 2.48. The van der Waals surface area contributed by atoms with E-state index in [9.17, 15) is 9.18 Å². The van der Waals surface area contributed by atoms with Crippen LogP contribution >= 0.6 is 22.9 Å². The molecule has 25 heavy (non-hydrogen) atoms. The van der Waals surface area contributed by atoms with Crippen LogP contribution in [0.3, 0.4) is 0 Å². The molecule has 1 aromatic carbocycles. The summed E-state index contributed by atoms with van der Waals surface area (Å²) in [5.74, 6) is -0.244. The molecule has 0 aliphatic carbocycles. The number of halogens is 2. The summed E-state index contributed by atoms with van der Waals surface area (Å²) in [6, 6.07) is 10.4. The molecule has 4 nitrogen and oxygen atoms in total. The maximum atomic E-state index is 14.0. The Morgan fingerprint density at radius 2 is 2.20 bits per heavy atom. The van der Waals surface area contributed by atoms with E-state index < -0.39 is 0 Å². The number of amides is 1. The van der Waals surface area contributed by atoms with Gasteiger partial charge in [-0.1, -0.05) is 29.8 Å². The standard InChI is InChI=1S/C18H20ClFN2O2S/c1-21(10-13-6-7-17(19)25-13)18(23)12-22-8-9-24-16(11-22)14-4-2-3-5-15(14)20/h2-7,16H,8-12H2,1H3. The van der Waals surface area contributed by atoms with Crippen LogP contribution in [0.15, 0.2) is 36.4 Å². The Kier molecular flexibility index (Phi) is 6.06. The van der Waals surface area contributed by atoms with Gasteiger partial charge in [0.05, 0.1) is 30.1 Å². The number of carbonyl (C=O) groups is 1. The largest absolute Gasteiger partial charge is 0.371 e. The van der Waals surface area contributed by atoms with Gasteiger partial charge in [0.2, 0.25) is 5.91 Å². The average molecular weight is 383 g/mol. The first kappa shape index (κ1) is 18.3. The predicted octanol–water partition coefficient (Wildman–Crippen LogP) is 3.57. The third-order valence-electron chi connectivity index (χ3n) is 4.21. The van der Waals surface area contributed by atoms with Gasteiger partial charge < -0.3 is 9.64 Å². The highest BCUT2D eigenvalue weighted by molar-refractivity contribution is 7.16. The van der Waals surface area contributed by atoms with Crippen molar-refractivity contribution in [3.63, 3.8) is 0 Å². The fourth-order valence-electron chi connectivity index (χ4n) is 2.84. The number of ether oxygens (including phenoxy) is 1. The van der Waals surface area contributed by atoms with Gasteiger partial charge in [0.15, 0.2) is 0 Å². The van der Waals surface area contributed by atoms with Crippen LogP contribution < -0.4 is 0 Å². The molecule has 1 saturated heterocycles. The van der Waals surface area contributed by atoms with Crippen molar-refractivity contribution in [2.24, 2.45) is 0 Å². The molecule has 0 spiro atoms. The molecule has 1 atom stereocenters. The molecule has 3 rings (SSSR count). The Bertz CT molecular complexity index is 739. The normalized spacial score (nSPS) is 18.3. The lowest BCUT2D eigenvalue weighted by Crippen LogP contribution is -2.44. The second kappa shape index (κ2) is 8.27. The number of benzene rings is 1. The molecule has 0 radical (unpaired) electrons. The second-order valence-corrected chi connectivity index (χ2v) is 7.87. The van der Waals surface area contributed by atoms with Crippen molar-refractivity contribution in [1.29, 1.82) is 0 Å². The summed E-state index contributed by atoms with van der Waals surface area (Å²) in [5.41, 5.74) is 0.543. The molecule has 2 aromatic rings. The van der Waals surface area contributed by atoms with Gasteiger partial charge >= 0.3 is 0 Å². The number of morpholine rings is 1. The number of nitrogens with zero attached hydrogens (tertiary/aromatic N) is 2. The molecular formula is C18H20ClFN2O2S. The summed E-state index contributed by atoms with van der Waals surface area (Å²) in [4.78, 5) is 17.2. The molecule has 0 bridgehead atoms. The van der Waals surface area contributed by atoms with E-state index in [0.29, 0.717) is 38.3 Å². The zero-order valence-corrected chi connectivity index (χ0v) is 15.5. The maximum Gasteiger partial charge on any atom is 0.236 e. The van der Waals surface area contributed by atoms with Crippen molar-refractivity contribution < 1.29 is 13.9 Å². The smallest absolute Gasteiger partial charge is 0.236 e. The minimum atomic E-state index is -0.343. The molecule has 1 aromatic heterocycles. The highest BCUT2D eigenvalue weighted by atomic mass is 35.5. The number of rotatable bonds is 5. The number of hydrogen-bond acceptors (Lipinski definition) is 4. The molecule has 0 saturated carbocycles. The van der Waals surface area contributed by atoms with Gasteiger partial charge in [0.1, 0.15) is 5.82 Å². The highest BCUT2D eigenvalue weighted by Crippen LogP contribution is 2.25.